The Bertz CT molecular complexity index is 354. The van der Waals surface area contributed by atoms with Crippen molar-refractivity contribution in [2.75, 3.05) is 13.6 Å². The van der Waals surface area contributed by atoms with Crippen LogP contribution in [0.3, 0.4) is 0 Å². The fourth-order valence-corrected chi connectivity index (χ4v) is 1.13. The van der Waals surface area contributed by atoms with Gasteiger partial charge < -0.3 is 10.1 Å². The van der Waals surface area contributed by atoms with Crippen LogP contribution in [0.4, 0.5) is 0 Å². The number of nitrogens with one attached hydrogen (secondary N) is 1. The smallest absolute Gasteiger partial charge is 0.376 e. The van der Waals surface area contributed by atoms with Crippen molar-refractivity contribution >= 4 is 5.97 Å². The zero-order chi connectivity index (χ0) is 12.2. The summed E-state index contributed by atoms with van der Waals surface area (Å²) < 4.78 is 6.75. The van der Waals surface area contributed by atoms with Crippen molar-refractivity contribution < 1.29 is 9.53 Å². The lowest BCUT2D eigenvalue weighted by atomic mass is 10.2. The Morgan fingerprint density at radius 3 is 2.81 bits per heavy atom. The van der Waals surface area contributed by atoms with E-state index in [0.29, 0.717) is 6.54 Å². The molecule has 0 saturated carbocycles. The van der Waals surface area contributed by atoms with Gasteiger partial charge in [0.05, 0.1) is 6.54 Å². The summed E-state index contributed by atoms with van der Waals surface area (Å²) in [6.07, 6.45) is 1.36. The average Bonchev–Trinajstić information content (AvgIpc) is 2.59. The van der Waals surface area contributed by atoms with Crippen molar-refractivity contribution in [1.29, 1.82) is 0 Å². The number of esters is 1. The van der Waals surface area contributed by atoms with Crippen molar-refractivity contribution in [3.05, 3.63) is 12.2 Å². The molecule has 0 aliphatic rings. The van der Waals surface area contributed by atoms with Crippen LogP contribution in [0.25, 0.3) is 0 Å². The van der Waals surface area contributed by atoms with Gasteiger partial charge in [-0.2, -0.15) is 5.10 Å². The minimum atomic E-state index is -0.517. The van der Waals surface area contributed by atoms with Crippen LogP contribution in [0, 0.1) is 0 Å². The van der Waals surface area contributed by atoms with Gasteiger partial charge in [0.15, 0.2) is 0 Å². The quantitative estimate of drug-likeness (QED) is 0.755. The monoisotopic (exact) mass is 226 g/mol. The lowest BCUT2D eigenvalue weighted by Crippen LogP contribution is -2.27. The molecule has 90 valence electrons. The fourth-order valence-electron chi connectivity index (χ4n) is 1.13. The van der Waals surface area contributed by atoms with Gasteiger partial charge in [-0.15, -0.1) is 0 Å². The molecule has 0 radical (unpaired) electrons. The van der Waals surface area contributed by atoms with Crippen LogP contribution in [-0.4, -0.2) is 39.9 Å². The highest BCUT2D eigenvalue weighted by Crippen LogP contribution is 2.10. The summed E-state index contributed by atoms with van der Waals surface area (Å²) in [5, 5.41) is 6.95. The molecule has 0 aliphatic carbocycles. The Morgan fingerprint density at radius 2 is 2.25 bits per heavy atom. The maximum atomic E-state index is 11.7. The van der Waals surface area contributed by atoms with Crippen LogP contribution in [0.1, 0.15) is 31.4 Å². The maximum Gasteiger partial charge on any atom is 0.376 e. The zero-order valence-electron chi connectivity index (χ0n) is 10.1. The third kappa shape index (κ3) is 3.62. The second-order valence-corrected chi connectivity index (χ2v) is 4.41. The first kappa shape index (κ1) is 12.6. The summed E-state index contributed by atoms with van der Waals surface area (Å²) in [4.78, 5) is 15.6. The lowest BCUT2D eigenvalue weighted by Gasteiger charge is -2.19. The Labute approximate surface area is 95.0 Å². The van der Waals surface area contributed by atoms with Gasteiger partial charge in [-0.05, 0) is 27.8 Å². The number of hydrogen-bond acceptors (Lipinski definition) is 5. The van der Waals surface area contributed by atoms with E-state index < -0.39 is 11.6 Å². The molecule has 16 heavy (non-hydrogen) atoms. The predicted molar refractivity (Wildman–Crippen MR) is 59.1 cm³/mol. The van der Waals surface area contributed by atoms with Crippen LogP contribution in [0.15, 0.2) is 6.33 Å². The van der Waals surface area contributed by atoms with Crippen molar-refractivity contribution in [1.82, 2.24) is 20.1 Å². The summed E-state index contributed by atoms with van der Waals surface area (Å²) in [6, 6.07) is 0. The van der Waals surface area contributed by atoms with Gasteiger partial charge in [0.2, 0.25) is 5.82 Å². The molecule has 0 atom stereocenters. The van der Waals surface area contributed by atoms with E-state index in [1.165, 1.54) is 11.0 Å². The molecule has 0 amide bonds. The SMILES string of the molecule is CNCCn1ncnc1C(=O)OC(C)(C)C. The van der Waals surface area contributed by atoms with Crippen LogP contribution in [0.5, 0.6) is 0 Å². The molecule has 0 saturated heterocycles. The molecule has 1 N–H and O–H groups in total. The van der Waals surface area contributed by atoms with Crippen LogP contribution >= 0.6 is 0 Å². The van der Waals surface area contributed by atoms with Gasteiger partial charge in [0, 0.05) is 6.54 Å². The molecule has 1 rings (SSSR count). The largest absolute Gasteiger partial charge is 0.454 e. The van der Waals surface area contributed by atoms with Gasteiger partial charge in [-0.3, -0.25) is 0 Å². The molecule has 0 aliphatic heterocycles. The first-order chi connectivity index (χ1) is 7.44. The molecule has 6 heteroatoms. The molecule has 0 spiro atoms. The standard InChI is InChI=1S/C10H18N4O2/c1-10(2,3)16-9(15)8-12-7-13-14(8)6-5-11-4/h7,11H,5-6H2,1-4H3. The first-order valence-electron chi connectivity index (χ1n) is 5.20. The number of ether oxygens (including phenoxy) is 1. The molecular weight excluding hydrogens is 208 g/mol. The Morgan fingerprint density at radius 1 is 1.56 bits per heavy atom. The topological polar surface area (TPSA) is 69.0 Å². The van der Waals surface area contributed by atoms with Crippen LogP contribution < -0.4 is 5.32 Å². The fraction of sp³-hybridized carbons (Fsp3) is 0.700. The molecule has 0 unspecified atom stereocenters. The number of aromatic nitrogens is 3. The normalized spacial score (nSPS) is 11.5. The summed E-state index contributed by atoms with van der Waals surface area (Å²) >= 11 is 0. The summed E-state index contributed by atoms with van der Waals surface area (Å²) in [6.45, 7) is 6.77. The highest BCUT2D eigenvalue weighted by Gasteiger charge is 2.22. The number of carbonyl (C=O) groups excluding carboxylic acids is 1. The molecule has 1 aromatic heterocycles. The molecule has 6 nitrogen and oxygen atoms in total. The summed E-state index contributed by atoms with van der Waals surface area (Å²) in [5.41, 5.74) is -0.517. The van der Waals surface area contributed by atoms with E-state index in [1.54, 1.807) is 0 Å². The molecule has 0 aromatic carbocycles. The van der Waals surface area contributed by atoms with Gasteiger partial charge in [0.1, 0.15) is 11.9 Å². The van der Waals surface area contributed by atoms with Crippen LogP contribution in [-0.2, 0) is 11.3 Å². The van der Waals surface area contributed by atoms with Crippen molar-refractivity contribution in [2.45, 2.75) is 32.9 Å². The summed E-state index contributed by atoms with van der Waals surface area (Å²) in [5.74, 6) is -0.203. The van der Waals surface area contributed by atoms with E-state index in [-0.39, 0.29) is 5.82 Å². The molecule has 0 bridgehead atoms. The van der Waals surface area contributed by atoms with E-state index in [4.69, 9.17) is 4.74 Å². The highest BCUT2D eigenvalue weighted by molar-refractivity contribution is 5.85. The van der Waals surface area contributed by atoms with Gasteiger partial charge in [0.25, 0.3) is 0 Å². The highest BCUT2D eigenvalue weighted by atomic mass is 16.6. The van der Waals surface area contributed by atoms with E-state index in [0.717, 1.165) is 6.54 Å². The van der Waals surface area contributed by atoms with Crippen LogP contribution in [0.2, 0.25) is 0 Å². The molecule has 1 heterocycles. The van der Waals surface area contributed by atoms with E-state index in [9.17, 15) is 4.79 Å². The summed E-state index contributed by atoms with van der Waals surface area (Å²) in [7, 11) is 1.84. The minimum absolute atomic E-state index is 0.241. The Hall–Kier alpha value is -1.43. The number of rotatable bonds is 4. The average molecular weight is 226 g/mol. The Kier molecular flexibility index (Phi) is 4.00. The second-order valence-electron chi connectivity index (χ2n) is 4.41. The number of likely N-dealkylation sites (N-methyl/N-ethyl adjacent to an activating group) is 1. The second kappa shape index (κ2) is 5.07. The number of hydrogen-bond donors (Lipinski definition) is 1. The van der Waals surface area contributed by atoms with Gasteiger partial charge in [-0.1, -0.05) is 0 Å². The van der Waals surface area contributed by atoms with Gasteiger partial charge in [-0.25, -0.2) is 14.5 Å². The maximum absolute atomic E-state index is 11.7. The van der Waals surface area contributed by atoms with Crippen molar-refractivity contribution in [3.63, 3.8) is 0 Å². The van der Waals surface area contributed by atoms with Crippen molar-refractivity contribution in [2.24, 2.45) is 0 Å². The van der Waals surface area contributed by atoms with Gasteiger partial charge >= 0.3 is 5.97 Å². The third-order valence-electron chi connectivity index (χ3n) is 1.77. The minimum Gasteiger partial charge on any atom is -0.454 e. The van der Waals surface area contributed by atoms with E-state index in [1.807, 2.05) is 27.8 Å². The molecule has 0 fully saturated rings. The predicted octanol–water partition coefficient (Wildman–Crippen LogP) is 0.453. The lowest BCUT2D eigenvalue weighted by molar-refractivity contribution is 0.00490. The third-order valence-corrected chi connectivity index (χ3v) is 1.77. The zero-order valence-corrected chi connectivity index (χ0v) is 10.1. The number of nitrogens with zero attached hydrogens (tertiary/aromatic N) is 3. The van der Waals surface area contributed by atoms with E-state index >= 15 is 0 Å². The Balaban J connectivity index is 2.72. The van der Waals surface area contributed by atoms with Crippen molar-refractivity contribution in [3.8, 4) is 0 Å². The molecule has 1 aromatic rings. The first-order valence-corrected chi connectivity index (χ1v) is 5.20. The molecular formula is C10H18N4O2. The number of carbonyl (C=O) groups is 1. The van der Waals surface area contributed by atoms with E-state index in [2.05, 4.69) is 15.4 Å².